The minimum absolute atomic E-state index is 0.182. The molecule has 122 valence electrons. The average Bonchev–Trinajstić information content (AvgIpc) is 2.44. The second-order valence-electron chi connectivity index (χ2n) is 4.51. The number of esters is 1. The van der Waals surface area contributed by atoms with Crippen molar-refractivity contribution in [1.82, 2.24) is 0 Å². The topological polar surface area (TPSA) is 55.8 Å². The number of ether oxygens (including phenoxy) is 2. The Bertz CT molecular complexity index is 554. The molecule has 0 unspecified atom stereocenters. The Balaban J connectivity index is 3.30. The zero-order chi connectivity index (χ0) is 17.0. The summed E-state index contributed by atoms with van der Waals surface area (Å²) in [5.41, 5.74) is -4.00. The molecule has 0 spiro atoms. The van der Waals surface area contributed by atoms with Crippen LogP contribution in [0.15, 0.2) is 30.9 Å². The monoisotopic (exact) mass is 318 g/mol. The van der Waals surface area contributed by atoms with Gasteiger partial charge in [0.05, 0.1) is 6.61 Å². The van der Waals surface area contributed by atoms with Crippen LogP contribution in [0.3, 0.4) is 0 Å². The molecular formula is C15H17F3O4. The Morgan fingerprint density at radius 2 is 2.05 bits per heavy atom. The number of halogens is 3. The second kappa shape index (κ2) is 6.83. The summed E-state index contributed by atoms with van der Waals surface area (Å²) < 4.78 is 49.2. The highest BCUT2D eigenvalue weighted by Crippen LogP contribution is 2.41. The number of benzene rings is 1. The molecule has 0 aliphatic rings. The first-order valence-corrected chi connectivity index (χ1v) is 6.49. The Morgan fingerprint density at radius 1 is 1.41 bits per heavy atom. The number of alkyl halides is 3. The van der Waals surface area contributed by atoms with Gasteiger partial charge >= 0.3 is 12.1 Å². The second-order valence-corrected chi connectivity index (χ2v) is 4.51. The summed E-state index contributed by atoms with van der Waals surface area (Å²) in [5.74, 6) is -1.43. The zero-order valence-corrected chi connectivity index (χ0v) is 12.2. The van der Waals surface area contributed by atoms with Gasteiger partial charge in [-0.2, -0.15) is 13.2 Å². The number of rotatable bonds is 6. The van der Waals surface area contributed by atoms with Crippen molar-refractivity contribution in [2.75, 3.05) is 13.2 Å². The molecule has 0 radical (unpaired) electrons. The van der Waals surface area contributed by atoms with Gasteiger partial charge in [0.15, 0.2) is 0 Å². The van der Waals surface area contributed by atoms with Crippen LogP contribution in [-0.4, -0.2) is 30.5 Å². The fourth-order valence-corrected chi connectivity index (χ4v) is 1.82. The molecule has 0 aliphatic carbocycles. The van der Waals surface area contributed by atoms with Crippen molar-refractivity contribution >= 4 is 5.97 Å². The lowest BCUT2D eigenvalue weighted by Crippen LogP contribution is -2.50. The number of hydrogen-bond donors (Lipinski definition) is 1. The first-order chi connectivity index (χ1) is 10.2. The Kier molecular flexibility index (Phi) is 5.59. The van der Waals surface area contributed by atoms with Gasteiger partial charge in [-0.15, -0.1) is 0 Å². The summed E-state index contributed by atoms with van der Waals surface area (Å²) in [7, 11) is 0. The molecule has 0 heterocycles. The predicted octanol–water partition coefficient (Wildman–Crippen LogP) is 2.87. The molecule has 1 aromatic rings. The van der Waals surface area contributed by atoms with Crippen molar-refractivity contribution in [3.8, 4) is 5.75 Å². The quantitative estimate of drug-likeness (QED) is 0.647. The van der Waals surface area contributed by atoms with Crippen LogP contribution in [0.25, 0.3) is 0 Å². The molecule has 1 N–H and O–H groups in total. The normalized spacial score (nSPS) is 14.1. The summed E-state index contributed by atoms with van der Waals surface area (Å²) in [6.45, 7) is 6.22. The van der Waals surface area contributed by atoms with Crippen molar-refractivity contribution in [2.24, 2.45) is 0 Å². The smallest absolute Gasteiger partial charge is 0.432 e. The van der Waals surface area contributed by atoms with Crippen LogP contribution in [-0.2, 0) is 15.1 Å². The van der Waals surface area contributed by atoms with Crippen LogP contribution in [0.4, 0.5) is 13.2 Å². The minimum atomic E-state index is -5.21. The zero-order valence-electron chi connectivity index (χ0n) is 12.2. The highest BCUT2D eigenvalue weighted by Gasteiger charge is 2.62. The molecule has 0 saturated carbocycles. The number of carbonyl (C=O) groups excluding carboxylic acids is 1. The van der Waals surface area contributed by atoms with Crippen LogP contribution in [0.5, 0.6) is 5.75 Å². The van der Waals surface area contributed by atoms with E-state index in [0.717, 1.165) is 12.1 Å². The molecule has 0 fully saturated rings. The first kappa shape index (κ1) is 18.0. The Labute approximate surface area is 126 Å². The molecule has 4 nitrogen and oxygen atoms in total. The largest absolute Gasteiger partial charge is 0.489 e. The average molecular weight is 318 g/mol. The number of carbonyl (C=O) groups is 1. The molecule has 0 aromatic heterocycles. The lowest BCUT2D eigenvalue weighted by molar-refractivity contribution is -0.267. The number of aryl methyl sites for hydroxylation is 1. The van der Waals surface area contributed by atoms with Crippen LogP contribution < -0.4 is 4.74 Å². The van der Waals surface area contributed by atoms with E-state index in [1.165, 1.54) is 26.0 Å². The van der Waals surface area contributed by atoms with Crippen molar-refractivity contribution in [3.63, 3.8) is 0 Å². The summed E-state index contributed by atoms with van der Waals surface area (Å²) in [6, 6.07) is 3.28. The van der Waals surface area contributed by atoms with Gasteiger partial charge in [0.2, 0.25) is 0 Å². The van der Waals surface area contributed by atoms with Gasteiger partial charge in [-0.05, 0) is 31.5 Å². The van der Waals surface area contributed by atoms with Crippen LogP contribution in [0.2, 0.25) is 0 Å². The van der Waals surface area contributed by atoms with Crippen molar-refractivity contribution in [2.45, 2.75) is 25.6 Å². The standard InChI is InChI=1S/C15H17F3O4/c1-4-8-22-12-7-6-11(9-10(12)3)14(20,15(16,17)18)13(19)21-5-2/h4,6-7,9,20H,1,5,8H2,2-3H3/t14-/m0/s1. The molecule has 22 heavy (non-hydrogen) atoms. The molecule has 1 aromatic carbocycles. The maximum Gasteiger partial charge on any atom is 0.432 e. The van der Waals surface area contributed by atoms with E-state index < -0.39 is 23.3 Å². The molecule has 0 saturated heterocycles. The summed E-state index contributed by atoms with van der Waals surface area (Å²) in [6.07, 6.45) is -3.73. The maximum atomic E-state index is 13.2. The minimum Gasteiger partial charge on any atom is -0.489 e. The van der Waals surface area contributed by atoms with Crippen LogP contribution in [0, 0.1) is 6.92 Å². The highest BCUT2D eigenvalue weighted by molar-refractivity contribution is 5.82. The van der Waals surface area contributed by atoms with Crippen LogP contribution >= 0.6 is 0 Å². The third-order valence-corrected chi connectivity index (χ3v) is 2.93. The molecule has 0 amide bonds. The Morgan fingerprint density at radius 3 is 2.50 bits per heavy atom. The predicted molar refractivity (Wildman–Crippen MR) is 73.5 cm³/mol. The van der Waals surface area contributed by atoms with E-state index in [2.05, 4.69) is 11.3 Å². The third-order valence-electron chi connectivity index (χ3n) is 2.93. The van der Waals surface area contributed by atoms with E-state index in [4.69, 9.17) is 4.74 Å². The SMILES string of the molecule is C=CCOc1ccc([C@](O)(C(=O)OCC)C(F)(F)F)cc1C. The van der Waals surface area contributed by atoms with Crippen LogP contribution in [0.1, 0.15) is 18.1 Å². The first-order valence-electron chi connectivity index (χ1n) is 6.49. The molecular weight excluding hydrogens is 301 g/mol. The van der Waals surface area contributed by atoms with E-state index in [9.17, 15) is 23.1 Å². The van der Waals surface area contributed by atoms with Gasteiger partial charge in [-0.1, -0.05) is 18.7 Å². The highest BCUT2D eigenvalue weighted by atomic mass is 19.4. The van der Waals surface area contributed by atoms with E-state index in [-0.39, 0.29) is 13.2 Å². The van der Waals surface area contributed by atoms with E-state index in [1.54, 1.807) is 0 Å². The number of hydrogen-bond acceptors (Lipinski definition) is 4. The van der Waals surface area contributed by atoms with Gasteiger partial charge in [0, 0.05) is 5.56 Å². The van der Waals surface area contributed by atoms with Crippen molar-refractivity contribution in [1.29, 1.82) is 0 Å². The van der Waals surface area contributed by atoms with E-state index >= 15 is 0 Å². The lowest BCUT2D eigenvalue weighted by atomic mass is 9.91. The third kappa shape index (κ3) is 3.41. The molecule has 1 atom stereocenters. The summed E-state index contributed by atoms with van der Waals surface area (Å²) in [5, 5.41) is 9.95. The van der Waals surface area contributed by atoms with Gasteiger partial charge in [-0.3, -0.25) is 0 Å². The van der Waals surface area contributed by atoms with Gasteiger partial charge in [0.25, 0.3) is 5.60 Å². The van der Waals surface area contributed by atoms with E-state index in [0.29, 0.717) is 11.3 Å². The Hall–Kier alpha value is -2.02. The number of aliphatic hydroxyl groups is 1. The van der Waals surface area contributed by atoms with Gasteiger partial charge in [-0.25, -0.2) is 4.79 Å². The summed E-state index contributed by atoms with van der Waals surface area (Å²) in [4.78, 5) is 11.6. The molecule has 0 bridgehead atoms. The van der Waals surface area contributed by atoms with E-state index in [1.807, 2.05) is 0 Å². The molecule has 0 aliphatic heterocycles. The van der Waals surface area contributed by atoms with Crippen molar-refractivity contribution in [3.05, 3.63) is 42.0 Å². The fraction of sp³-hybridized carbons (Fsp3) is 0.400. The van der Waals surface area contributed by atoms with Gasteiger partial charge < -0.3 is 14.6 Å². The maximum absolute atomic E-state index is 13.2. The lowest BCUT2D eigenvalue weighted by Gasteiger charge is -2.28. The van der Waals surface area contributed by atoms with Gasteiger partial charge in [0.1, 0.15) is 12.4 Å². The fourth-order valence-electron chi connectivity index (χ4n) is 1.82. The van der Waals surface area contributed by atoms with Crippen molar-refractivity contribution < 1.29 is 32.5 Å². The molecule has 7 heteroatoms. The molecule has 1 rings (SSSR count). The summed E-state index contributed by atoms with van der Waals surface area (Å²) >= 11 is 0.